The van der Waals surface area contributed by atoms with Crippen LogP contribution in [0.2, 0.25) is 0 Å². The van der Waals surface area contributed by atoms with Crippen molar-refractivity contribution in [1.29, 1.82) is 0 Å². The Morgan fingerprint density at radius 1 is 1.06 bits per heavy atom. The van der Waals surface area contributed by atoms with E-state index in [1.165, 1.54) is 17.8 Å². The van der Waals surface area contributed by atoms with Crippen molar-refractivity contribution in [1.82, 2.24) is 9.97 Å². The molecule has 6 heteroatoms. The fourth-order valence-corrected chi connectivity index (χ4v) is 3.76. The summed E-state index contributed by atoms with van der Waals surface area (Å²) in [5, 5.41) is 9.02. The second-order valence-electron chi connectivity index (χ2n) is 8.48. The maximum atomic E-state index is 11.0. The van der Waals surface area contributed by atoms with E-state index in [9.17, 15) is 4.79 Å². The molecule has 3 N–H and O–H groups in total. The summed E-state index contributed by atoms with van der Waals surface area (Å²) in [6, 6.07) is 11.7. The molecule has 3 aromatic rings. The number of hydrogen-bond acceptors (Lipinski definition) is 5. The van der Waals surface area contributed by atoms with Gasteiger partial charge in [0.05, 0.1) is 24.5 Å². The average molecular weight is 434 g/mol. The van der Waals surface area contributed by atoms with Crippen molar-refractivity contribution in [3.63, 3.8) is 0 Å². The van der Waals surface area contributed by atoms with Gasteiger partial charge in [-0.1, -0.05) is 43.7 Å². The molecule has 0 fully saturated rings. The van der Waals surface area contributed by atoms with Crippen LogP contribution in [-0.2, 0) is 30.9 Å². The van der Waals surface area contributed by atoms with E-state index in [4.69, 9.17) is 20.6 Å². The lowest BCUT2D eigenvalue weighted by Gasteiger charge is -2.21. The summed E-state index contributed by atoms with van der Waals surface area (Å²) in [6.45, 7) is 9.50. The molecule has 3 rings (SSSR count). The molecule has 1 aromatic carbocycles. The van der Waals surface area contributed by atoms with Gasteiger partial charge in [0.1, 0.15) is 0 Å². The van der Waals surface area contributed by atoms with Crippen molar-refractivity contribution in [2.45, 2.75) is 53.9 Å². The number of hydrogen-bond donors (Lipinski definition) is 2. The van der Waals surface area contributed by atoms with E-state index in [-0.39, 0.29) is 12.2 Å². The molecule has 2 aromatic heterocycles. The highest BCUT2D eigenvalue weighted by Gasteiger charge is 2.19. The van der Waals surface area contributed by atoms with Crippen LogP contribution in [0.25, 0.3) is 11.1 Å². The molecule has 168 valence electrons. The lowest BCUT2D eigenvalue weighted by molar-refractivity contribution is 0.0696. The highest BCUT2D eigenvalue weighted by Crippen LogP contribution is 2.33. The number of ether oxygens (including phenoxy) is 1. The van der Waals surface area contributed by atoms with Gasteiger partial charge in [0.2, 0.25) is 0 Å². The number of carboxylic acid groups (broad SMARTS) is 1. The predicted octanol–water partition coefficient (Wildman–Crippen LogP) is 4.83. The second kappa shape index (κ2) is 10.5. The lowest BCUT2D eigenvalue weighted by atomic mass is 9.90. The monoisotopic (exact) mass is 433 g/mol. The molecule has 0 amide bonds. The number of benzene rings is 1. The topological polar surface area (TPSA) is 98.3 Å². The van der Waals surface area contributed by atoms with Gasteiger partial charge < -0.3 is 15.6 Å². The van der Waals surface area contributed by atoms with Crippen molar-refractivity contribution in [2.24, 2.45) is 11.7 Å². The fraction of sp³-hybridized carbons (Fsp3) is 0.346. The van der Waals surface area contributed by atoms with Gasteiger partial charge in [-0.25, -0.2) is 4.79 Å². The van der Waals surface area contributed by atoms with Gasteiger partial charge in [-0.05, 0) is 55.0 Å². The van der Waals surface area contributed by atoms with Gasteiger partial charge in [-0.15, -0.1) is 0 Å². The molecule has 0 unspecified atom stereocenters. The van der Waals surface area contributed by atoms with E-state index in [1.807, 2.05) is 6.92 Å². The third-order valence-electron chi connectivity index (χ3n) is 5.41. The molecule has 0 radical (unpaired) electrons. The maximum Gasteiger partial charge on any atom is 0.337 e. The molecular formula is C26H31N3O3. The minimum Gasteiger partial charge on any atom is -0.478 e. The van der Waals surface area contributed by atoms with Gasteiger partial charge in [0.25, 0.3) is 0 Å². The number of aromatic carboxylic acids is 1. The minimum atomic E-state index is -0.995. The summed E-state index contributed by atoms with van der Waals surface area (Å²) in [5.74, 6) is -0.523. The molecular weight excluding hydrogens is 402 g/mol. The molecule has 0 aliphatic carbocycles. The van der Waals surface area contributed by atoms with Crippen molar-refractivity contribution in [2.75, 3.05) is 0 Å². The Morgan fingerprint density at radius 2 is 1.78 bits per heavy atom. The number of aromatic nitrogens is 2. The van der Waals surface area contributed by atoms with Crippen LogP contribution in [0.5, 0.6) is 0 Å². The Hall–Kier alpha value is -3.09. The Morgan fingerprint density at radius 3 is 2.34 bits per heavy atom. The van der Waals surface area contributed by atoms with Gasteiger partial charge in [0.15, 0.2) is 0 Å². The Labute approximate surface area is 189 Å². The smallest absolute Gasteiger partial charge is 0.337 e. The summed E-state index contributed by atoms with van der Waals surface area (Å²) in [4.78, 5) is 20.1. The number of rotatable bonds is 9. The Bertz CT molecular complexity index is 1070. The van der Waals surface area contributed by atoms with Crippen LogP contribution >= 0.6 is 0 Å². The summed E-state index contributed by atoms with van der Waals surface area (Å²) in [7, 11) is 0. The van der Waals surface area contributed by atoms with Crippen molar-refractivity contribution in [3.8, 4) is 11.1 Å². The van der Waals surface area contributed by atoms with Crippen molar-refractivity contribution < 1.29 is 14.6 Å². The van der Waals surface area contributed by atoms with Crippen LogP contribution in [-0.4, -0.2) is 21.0 Å². The lowest BCUT2D eigenvalue weighted by Crippen LogP contribution is -2.14. The number of nitrogens with zero attached hydrogens (tertiary/aromatic N) is 2. The minimum absolute atomic E-state index is 0.156. The number of carboxylic acids is 1. The van der Waals surface area contributed by atoms with E-state index >= 15 is 0 Å². The Balaban J connectivity index is 1.94. The molecule has 0 saturated heterocycles. The molecule has 2 heterocycles. The quantitative estimate of drug-likeness (QED) is 0.501. The molecule has 0 saturated carbocycles. The van der Waals surface area contributed by atoms with E-state index in [0.717, 1.165) is 40.1 Å². The van der Waals surface area contributed by atoms with Crippen LogP contribution < -0.4 is 5.73 Å². The third kappa shape index (κ3) is 5.58. The average Bonchev–Trinajstić information content (AvgIpc) is 2.75. The van der Waals surface area contributed by atoms with Crippen LogP contribution in [0, 0.1) is 19.8 Å². The van der Waals surface area contributed by atoms with Crippen molar-refractivity contribution in [3.05, 3.63) is 81.9 Å². The number of aryl methyl sites for hydroxylation is 2. The number of pyridine rings is 2. The van der Waals surface area contributed by atoms with Gasteiger partial charge in [0, 0.05) is 29.7 Å². The van der Waals surface area contributed by atoms with Gasteiger partial charge in [-0.3, -0.25) is 9.97 Å². The normalized spacial score (nSPS) is 11.2. The zero-order valence-corrected chi connectivity index (χ0v) is 19.2. The maximum absolute atomic E-state index is 11.0. The molecule has 0 aliphatic heterocycles. The highest BCUT2D eigenvalue weighted by atomic mass is 16.5. The standard InChI is InChI=1S/C26H31N3O3/c1-16(2)11-24-22(12-27)25(19-7-5-17(3)6-8-19)23(18(4)29-24)15-32-14-21-10-9-20(13-28-21)26(30)31/h5-10,13,16H,11-12,14-15,27H2,1-4H3,(H,30,31). The van der Waals surface area contributed by atoms with Gasteiger partial charge in [-0.2, -0.15) is 0 Å². The SMILES string of the molecule is Cc1ccc(-c2c(COCc3ccc(C(=O)O)cn3)c(C)nc(CC(C)C)c2CN)cc1. The van der Waals surface area contributed by atoms with Crippen LogP contribution in [0.3, 0.4) is 0 Å². The zero-order chi connectivity index (χ0) is 23.3. The van der Waals surface area contributed by atoms with E-state index in [0.29, 0.717) is 24.8 Å². The first-order valence-corrected chi connectivity index (χ1v) is 10.8. The summed E-state index contributed by atoms with van der Waals surface area (Å²) in [5.41, 5.74) is 14.5. The molecule has 32 heavy (non-hydrogen) atoms. The summed E-state index contributed by atoms with van der Waals surface area (Å²) in [6.07, 6.45) is 2.21. The first-order chi connectivity index (χ1) is 15.3. The summed E-state index contributed by atoms with van der Waals surface area (Å²) < 4.78 is 6.00. The largest absolute Gasteiger partial charge is 0.478 e. The summed E-state index contributed by atoms with van der Waals surface area (Å²) >= 11 is 0. The zero-order valence-electron chi connectivity index (χ0n) is 19.2. The van der Waals surface area contributed by atoms with Crippen molar-refractivity contribution >= 4 is 5.97 Å². The molecule has 0 bridgehead atoms. The van der Waals surface area contributed by atoms with E-state index in [2.05, 4.69) is 50.0 Å². The predicted molar refractivity (Wildman–Crippen MR) is 125 cm³/mol. The third-order valence-corrected chi connectivity index (χ3v) is 5.41. The number of carbonyl (C=O) groups is 1. The van der Waals surface area contributed by atoms with E-state index < -0.39 is 5.97 Å². The number of nitrogens with two attached hydrogens (primary N) is 1. The van der Waals surface area contributed by atoms with Crippen LogP contribution in [0.4, 0.5) is 0 Å². The van der Waals surface area contributed by atoms with Crippen LogP contribution in [0.1, 0.15) is 58.0 Å². The second-order valence-corrected chi connectivity index (χ2v) is 8.48. The molecule has 0 aliphatic rings. The molecule has 0 spiro atoms. The molecule has 6 nitrogen and oxygen atoms in total. The Kier molecular flexibility index (Phi) is 7.72. The van der Waals surface area contributed by atoms with E-state index in [1.54, 1.807) is 6.07 Å². The van der Waals surface area contributed by atoms with Gasteiger partial charge >= 0.3 is 5.97 Å². The highest BCUT2D eigenvalue weighted by molar-refractivity contribution is 5.87. The fourth-order valence-electron chi connectivity index (χ4n) is 3.76. The molecule has 0 atom stereocenters. The van der Waals surface area contributed by atoms with Crippen LogP contribution in [0.15, 0.2) is 42.6 Å². The first kappa shape index (κ1) is 23.6. The first-order valence-electron chi connectivity index (χ1n) is 10.8.